The third-order valence-corrected chi connectivity index (χ3v) is 5.33. The molecule has 1 saturated carbocycles. The minimum absolute atomic E-state index is 0.0149. The van der Waals surface area contributed by atoms with Crippen molar-refractivity contribution in [2.75, 3.05) is 0 Å². The number of hydrogen-bond acceptors (Lipinski definition) is 5. The molecule has 30 heavy (non-hydrogen) atoms. The van der Waals surface area contributed by atoms with Gasteiger partial charge in [0.25, 0.3) is 5.91 Å². The molecule has 2 heterocycles. The third-order valence-electron chi connectivity index (χ3n) is 5.13. The molecule has 4 rings (SSSR count). The van der Waals surface area contributed by atoms with E-state index in [9.17, 15) is 9.18 Å². The van der Waals surface area contributed by atoms with Crippen molar-refractivity contribution in [1.29, 1.82) is 0 Å². The lowest BCUT2D eigenvalue weighted by Crippen LogP contribution is -2.40. The van der Waals surface area contributed by atoms with Gasteiger partial charge in [-0.05, 0) is 56.0 Å². The van der Waals surface area contributed by atoms with E-state index in [0.717, 1.165) is 31.2 Å². The molecular weight excluding hydrogens is 409 g/mol. The summed E-state index contributed by atoms with van der Waals surface area (Å²) in [6.45, 7) is 0. The molecule has 9 heteroatoms. The maximum absolute atomic E-state index is 13.1. The van der Waals surface area contributed by atoms with Gasteiger partial charge in [-0.3, -0.25) is 9.48 Å². The van der Waals surface area contributed by atoms with E-state index in [1.165, 1.54) is 24.5 Å². The van der Waals surface area contributed by atoms with Crippen LogP contribution in [-0.2, 0) is 7.05 Å². The smallest absolute Gasteiger partial charge is 0.316 e. The topological polar surface area (TPSA) is 81.9 Å². The monoisotopic (exact) mass is 429 g/mol. The Kier molecular flexibility index (Phi) is 5.94. The Morgan fingerprint density at radius 1 is 1.17 bits per heavy atom. The molecule has 2 aromatic heterocycles. The summed E-state index contributed by atoms with van der Waals surface area (Å²) in [7, 11) is 1.72. The molecule has 156 valence electrons. The fraction of sp³-hybridized carbons (Fsp3) is 0.333. The summed E-state index contributed by atoms with van der Waals surface area (Å²) in [4.78, 5) is 20.9. The van der Waals surface area contributed by atoms with Crippen LogP contribution in [0.5, 0.6) is 6.01 Å². The SMILES string of the molecule is Cn1nc(-c2ccc(F)cc2)cc1C(=O)NC1CCC(Oc2ncc(Cl)cn2)CC1. The highest BCUT2D eigenvalue weighted by atomic mass is 35.5. The Labute approximate surface area is 178 Å². The normalized spacial score (nSPS) is 18.8. The number of ether oxygens (including phenoxy) is 1. The van der Waals surface area contributed by atoms with Gasteiger partial charge in [-0.2, -0.15) is 5.10 Å². The van der Waals surface area contributed by atoms with Crippen molar-refractivity contribution < 1.29 is 13.9 Å². The van der Waals surface area contributed by atoms with Gasteiger partial charge in [0.2, 0.25) is 0 Å². The molecule has 0 radical (unpaired) electrons. The molecule has 1 aliphatic carbocycles. The number of carbonyl (C=O) groups excluding carboxylic acids is 1. The number of aryl methyl sites for hydroxylation is 1. The van der Waals surface area contributed by atoms with Gasteiger partial charge in [-0.1, -0.05) is 11.6 Å². The zero-order chi connectivity index (χ0) is 21.1. The summed E-state index contributed by atoms with van der Waals surface area (Å²) in [5.41, 5.74) is 1.85. The summed E-state index contributed by atoms with van der Waals surface area (Å²) >= 11 is 5.78. The van der Waals surface area contributed by atoms with Gasteiger partial charge in [0, 0.05) is 18.7 Å². The second kappa shape index (κ2) is 8.79. The van der Waals surface area contributed by atoms with Crippen LogP contribution in [0.4, 0.5) is 4.39 Å². The molecule has 3 aromatic rings. The summed E-state index contributed by atoms with van der Waals surface area (Å²) in [6, 6.07) is 8.13. The lowest BCUT2D eigenvalue weighted by molar-refractivity contribution is 0.0876. The van der Waals surface area contributed by atoms with Gasteiger partial charge in [0.15, 0.2) is 0 Å². The Morgan fingerprint density at radius 3 is 2.50 bits per heavy atom. The van der Waals surface area contributed by atoms with Gasteiger partial charge < -0.3 is 10.1 Å². The van der Waals surface area contributed by atoms with Gasteiger partial charge in [0.1, 0.15) is 17.6 Å². The molecule has 1 N–H and O–H groups in total. The maximum atomic E-state index is 13.1. The first-order chi connectivity index (χ1) is 14.5. The summed E-state index contributed by atoms with van der Waals surface area (Å²) in [6.07, 6.45) is 6.21. The second-order valence-electron chi connectivity index (χ2n) is 7.29. The number of carbonyl (C=O) groups is 1. The second-order valence-corrected chi connectivity index (χ2v) is 7.73. The number of rotatable bonds is 5. The zero-order valence-electron chi connectivity index (χ0n) is 16.4. The van der Waals surface area contributed by atoms with E-state index in [1.807, 2.05) is 0 Å². The molecule has 1 fully saturated rings. The fourth-order valence-corrected chi connectivity index (χ4v) is 3.63. The van der Waals surface area contributed by atoms with Crippen molar-refractivity contribution in [3.8, 4) is 17.3 Å². The molecule has 1 amide bonds. The summed E-state index contributed by atoms with van der Waals surface area (Å²) in [5, 5.41) is 7.92. The number of halogens is 2. The van der Waals surface area contributed by atoms with Crippen molar-refractivity contribution in [2.45, 2.75) is 37.8 Å². The number of nitrogens with one attached hydrogen (secondary N) is 1. The molecule has 0 saturated heterocycles. The lowest BCUT2D eigenvalue weighted by Gasteiger charge is -2.28. The number of hydrogen-bond donors (Lipinski definition) is 1. The maximum Gasteiger partial charge on any atom is 0.316 e. The van der Waals surface area contributed by atoms with E-state index >= 15 is 0 Å². The fourth-order valence-electron chi connectivity index (χ4n) is 3.54. The lowest BCUT2D eigenvalue weighted by atomic mass is 9.93. The van der Waals surface area contributed by atoms with Crippen LogP contribution in [-0.4, -0.2) is 37.8 Å². The van der Waals surface area contributed by atoms with E-state index < -0.39 is 0 Å². The molecule has 0 aliphatic heterocycles. The zero-order valence-corrected chi connectivity index (χ0v) is 17.1. The largest absolute Gasteiger partial charge is 0.460 e. The molecule has 7 nitrogen and oxygen atoms in total. The van der Waals surface area contributed by atoms with Crippen molar-refractivity contribution >= 4 is 17.5 Å². The summed E-state index contributed by atoms with van der Waals surface area (Å²) in [5.74, 6) is -0.487. The first-order valence-electron chi connectivity index (χ1n) is 9.73. The number of nitrogens with zero attached hydrogens (tertiary/aromatic N) is 4. The predicted octanol–water partition coefficient (Wildman–Crippen LogP) is 3.79. The average molecular weight is 430 g/mol. The molecule has 0 spiro atoms. The molecule has 1 aromatic carbocycles. The van der Waals surface area contributed by atoms with Crippen molar-refractivity contribution in [3.05, 3.63) is 59.3 Å². The first-order valence-corrected chi connectivity index (χ1v) is 10.1. The quantitative estimate of drug-likeness (QED) is 0.667. The van der Waals surface area contributed by atoms with Crippen LogP contribution in [0.2, 0.25) is 5.02 Å². The van der Waals surface area contributed by atoms with Crippen molar-refractivity contribution in [1.82, 2.24) is 25.1 Å². The van der Waals surface area contributed by atoms with Gasteiger partial charge in [-0.15, -0.1) is 0 Å². The predicted molar refractivity (Wildman–Crippen MR) is 110 cm³/mol. The van der Waals surface area contributed by atoms with Gasteiger partial charge in [0.05, 0.1) is 23.1 Å². The van der Waals surface area contributed by atoms with Crippen LogP contribution < -0.4 is 10.1 Å². The molecule has 0 atom stereocenters. The third kappa shape index (κ3) is 4.76. The molecule has 0 unspecified atom stereocenters. The average Bonchev–Trinajstić information content (AvgIpc) is 3.13. The van der Waals surface area contributed by atoms with Crippen LogP contribution in [0.15, 0.2) is 42.7 Å². The Bertz CT molecular complexity index is 1010. The van der Waals surface area contributed by atoms with E-state index in [-0.39, 0.29) is 23.9 Å². The number of benzene rings is 1. The number of aromatic nitrogens is 4. The van der Waals surface area contributed by atoms with Crippen LogP contribution >= 0.6 is 11.6 Å². The van der Waals surface area contributed by atoms with Crippen LogP contribution in [0.3, 0.4) is 0 Å². The highest BCUT2D eigenvalue weighted by Gasteiger charge is 2.25. The minimum Gasteiger partial charge on any atom is -0.460 e. The standard InChI is InChI=1S/C21H21ClFN5O2/c1-28-19(10-18(27-28)13-2-4-15(23)5-3-13)20(29)26-16-6-8-17(9-7-16)30-21-24-11-14(22)12-25-21/h2-5,10-12,16-17H,6-9H2,1H3,(H,26,29). The Balaban J connectivity index is 1.32. The molecule has 0 bridgehead atoms. The van der Waals surface area contributed by atoms with E-state index in [2.05, 4.69) is 20.4 Å². The van der Waals surface area contributed by atoms with Gasteiger partial charge in [-0.25, -0.2) is 14.4 Å². The van der Waals surface area contributed by atoms with Gasteiger partial charge >= 0.3 is 6.01 Å². The Morgan fingerprint density at radius 2 is 1.83 bits per heavy atom. The molecular formula is C21H21ClFN5O2. The first kappa shape index (κ1) is 20.3. The van der Waals surface area contributed by atoms with Crippen LogP contribution in [0, 0.1) is 5.82 Å². The molecule has 1 aliphatic rings. The van der Waals surface area contributed by atoms with Crippen molar-refractivity contribution in [2.24, 2.45) is 7.05 Å². The summed E-state index contributed by atoms with van der Waals surface area (Å²) < 4.78 is 20.5. The van der Waals surface area contributed by atoms with E-state index in [1.54, 1.807) is 29.9 Å². The van der Waals surface area contributed by atoms with Crippen molar-refractivity contribution in [3.63, 3.8) is 0 Å². The van der Waals surface area contributed by atoms with E-state index in [4.69, 9.17) is 16.3 Å². The van der Waals surface area contributed by atoms with Crippen LogP contribution in [0.1, 0.15) is 36.2 Å². The van der Waals surface area contributed by atoms with Crippen LogP contribution in [0.25, 0.3) is 11.3 Å². The Hall–Kier alpha value is -3.00. The highest BCUT2D eigenvalue weighted by molar-refractivity contribution is 6.30. The highest BCUT2D eigenvalue weighted by Crippen LogP contribution is 2.24. The minimum atomic E-state index is -0.310. The van der Waals surface area contributed by atoms with E-state index in [0.29, 0.717) is 22.4 Å². The number of amides is 1.